The number of esters is 1. The van der Waals surface area contributed by atoms with Crippen LogP contribution in [0.1, 0.15) is 37.6 Å². The van der Waals surface area contributed by atoms with Crippen molar-refractivity contribution in [3.8, 4) is 0 Å². The molecule has 0 saturated carbocycles. The van der Waals surface area contributed by atoms with E-state index in [1.165, 1.54) is 0 Å². The molecule has 1 aliphatic rings. The average molecular weight is 586 g/mol. The van der Waals surface area contributed by atoms with E-state index in [0.29, 0.717) is 21.4 Å². The molecule has 1 aromatic heterocycles. The van der Waals surface area contributed by atoms with E-state index < -0.39 is 53.4 Å². The molecule has 1 aromatic carbocycles. The zero-order valence-electron chi connectivity index (χ0n) is 19.5. The number of nitrogens with zero attached hydrogens (tertiary/aromatic N) is 1. The van der Waals surface area contributed by atoms with Crippen LogP contribution in [0, 0.1) is 5.92 Å². The number of thiocarbonyl (C=S) groups is 1. The molecule has 3 N–H and O–H groups in total. The fourth-order valence-corrected chi connectivity index (χ4v) is 3.70. The maximum atomic E-state index is 13.2. The summed E-state index contributed by atoms with van der Waals surface area (Å²) in [6.07, 6.45) is -8.20. The van der Waals surface area contributed by atoms with Gasteiger partial charge in [0.2, 0.25) is 0 Å². The summed E-state index contributed by atoms with van der Waals surface area (Å²) < 4.78 is 57.1. The number of aromatic nitrogens is 2. The maximum Gasteiger partial charge on any atom is 0.423 e. The van der Waals surface area contributed by atoms with E-state index in [1.54, 1.807) is 43.1 Å². The van der Waals surface area contributed by atoms with Gasteiger partial charge in [-0.15, -0.1) is 12.4 Å². The maximum absolute atomic E-state index is 13.2. The van der Waals surface area contributed by atoms with Crippen LogP contribution < -0.4 is 17.0 Å². The van der Waals surface area contributed by atoms with Crippen LogP contribution in [-0.4, -0.2) is 45.4 Å². The number of benzene rings is 1. The summed E-state index contributed by atoms with van der Waals surface area (Å²) in [5.74, 6) is -1.01. The third-order valence-corrected chi connectivity index (χ3v) is 6.09. The van der Waals surface area contributed by atoms with Crippen molar-refractivity contribution in [2.24, 2.45) is 11.7 Å². The molecule has 204 valence electrons. The van der Waals surface area contributed by atoms with E-state index >= 15 is 0 Å². The Balaban J connectivity index is 0.00000481. The molecule has 0 spiro atoms. The molecular weight excluding hydrogens is 562 g/mol. The first-order valence-corrected chi connectivity index (χ1v) is 11.5. The van der Waals surface area contributed by atoms with Gasteiger partial charge in [-0.3, -0.25) is 19.1 Å². The molecule has 1 saturated heterocycles. The molecule has 0 bridgehead atoms. The monoisotopic (exact) mass is 585 g/mol. The van der Waals surface area contributed by atoms with Crippen LogP contribution in [0.2, 0.25) is 5.02 Å². The van der Waals surface area contributed by atoms with Gasteiger partial charge >= 0.3 is 17.8 Å². The van der Waals surface area contributed by atoms with Crippen LogP contribution in [-0.2, 0) is 25.2 Å². The van der Waals surface area contributed by atoms with Crippen molar-refractivity contribution in [1.82, 2.24) is 9.55 Å². The molecular formula is C22H24Cl2F3N3O6S. The van der Waals surface area contributed by atoms with Crippen LogP contribution in [0.3, 0.4) is 0 Å². The number of nitrogens with two attached hydrogens (primary N) is 1. The lowest BCUT2D eigenvalue weighted by molar-refractivity contribution is -0.155. The molecule has 0 amide bonds. The number of H-pyrrole nitrogens is 1. The molecule has 2 aromatic rings. The van der Waals surface area contributed by atoms with Crippen molar-refractivity contribution in [2.75, 3.05) is 6.61 Å². The number of halogens is 5. The van der Waals surface area contributed by atoms with Gasteiger partial charge in [0.05, 0.1) is 0 Å². The Kier molecular flexibility index (Phi) is 10.3. The van der Waals surface area contributed by atoms with Crippen LogP contribution in [0.25, 0.3) is 0 Å². The molecule has 9 nitrogen and oxygen atoms in total. The van der Waals surface area contributed by atoms with Gasteiger partial charge in [0.25, 0.3) is 5.56 Å². The number of nitrogens with one attached hydrogen (secondary N) is 1. The van der Waals surface area contributed by atoms with E-state index in [0.717, 1.165) is 0 Å². The van der Waals surface area contributed by atoms with Crippen molar-refractivity contribution in [2.45, 2.75) is 50.9 Å². The number of hydrogen-bond donors (Lipinski definition) is 2. The lowest BCUT2D eigenvalue weighted by Crippen LogP contribution is -2.41. The van der Waals surface area contributed by atoms with Crippen molar-refractivity contribution < 1.29 is 32.2 Å². The zero-order valence-corrected chi connectivity index (χ0v) is 21.9. The highest BCUT2D eigenvalue weighted by Crippen LogP contribution is 2.32. The van der Waals surface area contributed by atoms with Gasteiger partial charge in [0.15, 0.2) is 5.05 Å². The number of hydrogen-bond acceptors (Lipinski definition) is 8. The molecule has 0 unspecified atom stereocenters. The number of carbonyl (C=O) groups excluding carboxylic acids is 1. The standard InChI is InChI=1S/C22H23ClF3N3O6S.ClH/c1-10(2)17(27)19(31)35-14-7-16(29-8-13(22(24,25)26)18(30)28-21(29)32)34-15(14)9-33-20(36)11-3-5-12(23)6-4-11;/h3-6,8,10,14-17H,7,9,27H2,1-2H3,(H,28,30,32);1H/t14-,15+,16+,17-;/m0./s1. The Morgan fingerprint density at radius 1 is 1.30 bits per heavy atom. The normalized spacial score (nSPS) is 20.3. The summed E-state index contributed by atoms with van der Waals surface area (Å²) in [5.41, 5.74) is 2.10. The van der Waals surface area contributed by atoms with E-state index in [2.05, 4.69) is 0 Å². The molecule has 3 rings (SSSR count). The molecule has 1 aliphatic heterocycles. The third-order valence-electron chi connectivity index (χ3n) is 5.48. The van der Waals surface area contributed by atoms with Crippen molar-refractivity contribution in [1.29, 1.82) is 0 Å². The van der Waals surface area contributed by atoms with Gasteiger partial charge in [-0.25, -0.2) is 4.79 Å². The van der Waals surface area contributed by atoms with Crippen molar-refractivity contribution >= 4 is 47.2 Å². The molecule has 37 heavy (non-hydrogen) atoms. The Bertz CT molecular complexity index is 1240. The van der Waals surface area contributed by atoms with E-state index in [-0.39, 0.29) is 36.4 Å². The van der Waals surface area contributed by atoms with Crippen LogP contribution >= 0.6 is 36.2 Å². The average Bonchev–Trinajstić information content (AvgIpc) is 3.18. The minimum Gasteiger partial charge on any atom is -0.480 e. The lowest BCUT2D eigenvalue weighted by Gasteiger charge is -2.22. The van der Waals surface area contributed by atoms with Crippen LogP contribution in [0.5, 0.6) is 0 Å². The highest BCUT2D eigenvalue weighted by atomic mass is 35.5. The first-order valence-electron chi connectivity index (χ1n) is 10.7. The van der Waals surface area contributed by atoms with Gasteiger partial charge < -0.3 is 19.9 Å². The first-order chi connectivity index (χ1) is 16.8. The van der Waals surface area contributed by atoms with Crippen molar-refractivity contribution in [3.05, 3.63) is 67.4 Å². The fourth-order valence-electron chi connectivity index (χ4n) is 3.37. The molecule has 1 fully saturated rings. The largest absolute Gasteiger partial charge is 0.480 e. The van der Waals surface area contributed by atoms with Gasteiger partial charge in [0, 0.05) is 23.2 Å². The number of ether oxygens (including phenoxy) is 3. The molecule has 15 heteroatoms. The summed E-state index contributed by atoms with van der Waals surface area (Å²) in [4.78, 5) is 38.0. The number of aromatic amines is 1. The topological polar surface area (TPSA) is 126 Å². The number of rotatable bonds is 7. The highest BCUT2D eigenvalue weighted by Gasteiger charge is 2.42. The summed E-state index contributed by atoms with van der Waals surface area (Å²) in [6.45, 7) is 3.17. The molecule has 0 radical (unpaired) electrons. The van der Waals surface area contributed by atoms with Gasteiger partial charge in [-0.05, 0) is 42.4 Å². The van der Waals surface area contributed by atoms with E-state index in [9.17, 15) is 27.6 Å². The van der Waals surface area contributed by atoms with Crippen molar-refractivity contribution in [3.63, 3.8) is 0 Å². The smallest absolute Gasteiger partial charge is 0.423 e. The summed E-state index contributed by atoms with van der Waals surface area (Å²) in [5, 5.41) is 0.560. The molecule has 2 heterocycles. The predicted molar refractivity (Wildman–Crippen MR) is 134 cm³/mol. The Labute approximate surface area is 225 Å². The van der Waals surface area contributed by atoms with Gasteiger partial charge in [-0.1, -0.05) is 25.4 Å². The summed E-state index contributed by atoms with van der Waals surface area (Å²) >= 11 is 11.1. The SMILES string of the molecule is CC(C)[C@H](N)C(=O)O[C@H]1C[C@H](n2cc(C(F)(F)F)c(=O)[nH]c2=O)O[C@@H]1COC(=S)c1ccc(Cl)cc1.Cl. The quantitative estimate of drug-likeness (QED) is 0.375. The Morgan fingerprint density at radius 2 is 1.92 bits per heavy atom. The Hall–Kier alpha value is -2.45. The minimum absolute atomic E-state index is 0. The molecule has 4 atom stereocenters. The minimum atomic E-state index is -5.01. The van der Waals surface area contributed by atoms with Crippen LogP contribution in [0.15, 0.2) is 40.1 Å². The van der Waals surface area contributed by atoms with Gasteiger partial charge in [0.1, 0.15) is 36.6 Å². The summed E-state index contributed by atoms with van der Waals surface area (Å²) in [7, 11) is 0. The van der Waals surface area contributed by atoms with Gasteiger partial charge in [-0.2, -0.15) is 13.2 Å². The highest BCUT2D eigenvalue weighted by molar-refractivity contribution is 7.80. The lowest BCUT2D eigenvalue weighted by atomic mass is 10.1. The Morgan fingerprint density at radius 3 is 2.49 bits per heavy atom. The zero-order chi connectivity index (χ0) is 26.8. The third kappa shape index (κ3) is 7.54. The van der Waals surface area contributed by atoms with E-state index in [1.807, 2.05) is 0 Å². The fraction of sp³-hybridized carbons (Fsp3) is 0.455. The summed E-state index contributed by atoms with van der Waals surface area (Å²) in [6, 6.07) is 5.50. The number of alkyl halides is 3. The second kappa shape index (κ2) is 12.4. The van der Waals surface area contributed by atoms with Crippen LogP contribution in [0.4, 0.5) is 13.2 Å². The second-order valence-corrected chi connectivity index (χ2v) is 9.23. The van der Waals surface area contributed by atoms with E-state index in [4.69, 9.17) is 43.8 Å². The first kappa shape index (κ1) is 30.8. The second-order valence-electron chi connectivity index (χ2n) is 8.42. The number of carbonyl (C=O) groups is 1. The predicted octanol–water partition coefficient (Wildman–Crippen LogP) is 3.21. The molecule has 0 aliphatic carbocycles.